The number of hydrogen-bond acceptors (Lipinski definition) is 8. The molecule has 11 heteroatoms. The maximum Gasteiger partial charge on any atom is 0.243 e. The number of rotatable bonds is 11. The van der Waals surface area contributed by atoms with Gasteiger partial charge in [-0.1, -0.05) is 60.6 Å². The molecule has 1 saturated carbocycles. The molecular weight excluding hydrogens is 595 g/mol. The summed E-state index contributed by atoms with van der Waals surface area (Å²) in [6, 6.07) is 2.69. The second-order valence-corrected chi connectivity index (χ2v) is 16.1. The molecule has 7 unspecified atom stereocenters. The SMILES string of the molecule is Cc1ncsc1-c1ccc(C(C)NC(=O)C2CC(O)CN2C(=O)C(NC(O)C2(F)CC2CC(C)(C)C(C)C)C(C)(C)C)c(O)c1. The van der Waals surface area contributed by atoms with E-state index in [1.807, 2.05) is 33.8 Å². The number of nitrogens with one attached hydrogen (secondary N) is 2. The molecule has 1 saturated heterocycles. The molecule has 2 aromatic rings. The lowest BCUT2D eigenvalue weighted by Gasteiger charge is -2.37. The fraction of sp³-hybridized carbons (Fsp3) is 0.676. The predicted molar refractivity (Wildman–Crippen MR) is 174 cm³/mol. The molecule has 1 aromatic carbocycles. The van der Waals surface area contributed by atoms with Crippen LogP contribution in [-0.2, 0) is 9.59 Å². The number of likely N-dealkylation sites (tertiary alicyclic amines) is 1. The molecular formula is C34H51FN4O5S. The minimum atomic E-state index is -1.84. The summed E-state index contributed by atoms with van der Waals surface area (Å²) in [5, 5.41) is 38.2. The van der Waals surface area contributed by atoms with Gasteiger partial charge in [-0.15, -0.1) is 11.3 Å². The zero-order chi connectivity index (χ0) is 33.6. The van der Waals surface area contributed by atoms with Gasteiger partial charge in [0, 0.05) is 24.4 Å². The Morgan fingerprint density at radius 2 is 1.87 bits per heavy atom. The molecule has 0 radical (unpaired) electrons. The Balaban J connectivity index is 1.46. The molecule has 2 heterocycles. The molecule has 5 N–H and O–H groups in total. The number of aliphatic hydroxyl groups excluding tert-OH is 2. The predicted octanol–water partition coefficient (Wildman–Crippen LogP) is 5.09. The van der Waals surface area contributed by atoms with Crippen molar-refractivity contribution in [3.63, 3.8) is 0 Å². The van der Waals surface area contributed by atoms with E-state index in [9.17, 15) is 24.9 Å². The molecule has 2 fully saturated rings. The molecule has 0 bridgehead atoms. The van der Waals surface area contributed by atoms with E-state index in [1.54, 1.807) is 24.6 Å². The first kappa shape index (κ1) is 35.3. The average Bonchev–Trinajstić information content (AvgIpc) is 3.22. The molecule has 2 amide bonds. The van der Waals surface area contributed by atoms with Crippen LogP contribution in [0, 0.1) is 29.6 Å². The number of aromatic hydroxyl groups is 1. The van der Waals surface area contributed by atoms with Crippen molar-refractivity contribution < 1.29 is 29.3 Å². The van der Waals surface area contributed by atoms with Crippen molar-refractivity contribution in [1.82, 2.24) is 20.5 Å². The number of hydrogen-bond donors (Lipinski definition) is 5. The fourth-order valence-corrected chi connectivity index (χ4v) is 7.05. The molecule has 2 aliphatic rings. The molecule has 4 rings (SSSR count). The van der Waals surface area contributed by atoms with E-state index in [1.165, 1.54) is 16.2 Å². The Morgan fingerprint density at radius 3 is 2.42 bits per heavy atom. The Hall–Kier alpha value is -2.60. The van der Waals surface area contributed by atoms with Crippen LogP contribution in [0.4, 0.5) is 4.39 Å². The lowest BCUT2D eigenvalue weighted by molar-refractivity contribution is -0.144. The van der Waals surface area contributed by atoms with Crippen LogP contribution in [0.5, 0.6) is 5.75 Å². The minimum absolute atomic E-state index is 0.0220. The highest BCUT2D eigenvalue weighted by atomic mass is 32.1. The maximum atomic E-state index is 15.9. The van der Waals surface area contributed by atoms with E-state index < -0.39 is 53.4 Å². The van der Waals surface area contributed by atoms with Gasteiger partial charge in [0.05, 0.1) is 34.3 Å². The third-order valence-electron chi connectivity index (χ3n) is 10.0. The van der Waals surface area contributed by atoms with Crippen molar-refractivity contribution in [2.75, 3.05) is 6.54 Å². The van der Waals surface area contributed by atoms with Crippen molar-refractivity contribution in [2.45, 2.75) is 118 Å². The third kappa shape index (κ3) is 7.53. The van der Waals surface area contributed by atoms with Gasteiger partial charge >= 0.3 is 0 Å². The van der Waals surface area contributed by atoms with Crippen LogP contribution in [0.1, 0.15) is 92.0 Å². The second-order valence-electron chi connectivity index (χ2n) is 15.2. The normalized spacial score (nSPS) is 25.7. The van der Waals surface area contributed by atoms with Gasteiger partial charge in [-0.2, -0.15) is 0 Å². The number of benzene rings is 1. The molecule has 1 aliphatic carbocycles. The molecule has 0 spiro atoms. The molecule has 45 heavy (non-hydrogen) atoms. The summed E-state index contributed by atoms with van der Waals surface area (Å²) in [6.45, 7) is 17.4. The highest BCUT2D eigenvalue weighted by Crippen LogP contribution is 2.55. The smallest absolute Gasteiger partial charge is 0.243 e. The van der Waals surface area contributed by atoms with Gasteiger partial charge in [0.2, 0.25) is 11.8 Å². The van der Waals surface area contributed by atoms with Crippen molar-refractivity contribution >= 4 is 23.2 Å². The van der Waals surface area contributed by atoms with Crippen molar-refractivity contribution in [2.24, 2.45) is 22.7 Å². The van der Waals surface area contributed by atoms with E-state index in [0.717, 1.165) is 16.1 Å². The largest absolute Gasteiger partial charge is 0.508 e. The summed E-state index contributed by atoms with van der Waals surface area (Å²) in [4.78, 5) is 34.1. The Morgan fingerprint density at radius 1 is 1.20 bits per heavy atom. The molecule has 250 valence electrons. The van der Waals surface area contributed by atoms with E-state index in [2.05, 4.69) is 43.3 Å². The van der Waals surface area contributed by atoms with Crippen molar-refractivity contribution in [3.05, 3.63) is 35.0 Å². The van der Waals surface area contributed by atoms with Gasteiger partial charge in [0.15, 0.2) is 5.67 Å². The maximum absolute atomic E-state index is 15.9. The minimum Gasteiger partial charge on any atom is -0.508 e. The molecule has 7 atom stereocenters. The Kier molecular flexibility index (Phi) is 10.1. The summed E-state index contributed by atoms with van der Waals surface area (Å²) < 4.78 is 15.9. The van der Waals surface area contributed by atoms with Crippen LogP contribution in [-0.4, -0.2) is 73.6 Å². The zero-order valence-electron chi connectivity index (χ0n) is 28.0. The first-order valence-electron chi connectivity index (χ1n) is 15.9. The lowest BCUT2D eigenvalue weighted by atomic mass is 9.76. The summed E-state index contributed by atoms with van der Waals surface area (Å²) in [5.41, 5.74) is 1.27. The van der Waals surface area contributed by atoms with Gasteiger partial charge in [0.25, 0.3) is 0 Å². The van der Waals surface area contributed by atoms with Crippen LogP contribution in [0.2, 0.25) is 0 Å². The van der Waals surface area contributed by atoms with Gasteiger partial charge in [0.1, 0.15) is 18.0 Å². The van der Waals surface area contributed by atoms with Crippen molar-refractivity contribution in [3.8, 4) is 16.2 Å². The lowest BCUT2D eigenvalue weighted by Crippen LogP contribution is -2.60. The van der Waals surface area contributed by atoms with Gasteiger partial charge in [-0.3, -0.25) is 14.9 Å². The van der Waals surface area contributed by atoms with Crippen LogP contribution in [0.3, 0.4) is 0 Å². The van der Waals surface area contributed by atoms with Crippen LogP contribution >= 0.6 is 11.3 Å². The van der Waals surface area contributed by atoms with Crippen LogP contribution in [0.25, 0.3) is 10.4 Å². The number of carbonyl (C=O) groups excluding carboxylic acids is 2. The van der Waals surface area contributed by atoms with E-state index in [-0.39, 0.29) is 36.5 Å². The van der Waals surface area contributed by atoms with Gasteiger partial charge in [-0.25, -0.2) is 9.37 Å². The summed E-state index contributed by atoms with van der Waals surface area (Å²) >= 11 is 1.48. The number of phenols is 1. The van der Waals surface area contributed by atoms with E-state index in [4.69, 9.17) is 0 Å². The summed E-state index contributed by atoms with van der Waals surface area (Å²) in [6.07, 6.45) is -1.60. The molecule has 9 nitrogen and oxygen atoms in total. The number of carbonyl (C=O) groups is 2. The molecule has 1 aromatic heterocycles. The number of aromatic nitrogens is 1. The topological polar surface area (TPSA) is 135 Å². The van der Waals surface area contributed by atoms with Gasteiger partial charge < -0.3 is 25.5 Å². The first-order chi connectivity index (χ1) is 20.8. The molecule has 1 aliphatic heterocycles. The number of phenolic OH excluding ortho intramolecular Hbond substituents is 1. The summed E-state index contributed by atoms with van der Waals surface area (Å²) in [5.74, 6) is -0.906. The van der Waals surface area contributed by atoms with E-state index >= 15 is 4.39 Å². The monoisotopic (exact) mass is 646 g/mol. The zero-order valence-corrected chi connectivity index (χ0v) is 28.8. The number of aliphatic hydroxyl groups is 2. The fourth-order valence-electron chi connectivity index (χ4n) is 6.24. The summed E-state index contributed by atoms with van der Waals surface area (Å²) in [7, 11) is 0. The Bertz CT molecular complexity index is 1390. The number of thiazole rings is 1. The number of alkyl halides is 1. The highest BCUT2D eigenvalue weighted by molar-refractivity contribution is 7.13. The second kappa shape index (κ2) is 12.9. The van der Waals surface area contributed by atoms with Crippen LogP contribution < -0.4 is 10.6 Å². The highest BCUT2D eigenvalue weighted by Gasteiger charge is 2.62. The van der Waals surface area contributed by atoms with Crippen molar-refractivity contribution in [1.29, 1.82) is 0 Å². The quantitative estimate of drug-likeness (QED) is 0.215. The van der Waals surface area contributed by atoms with Gasteiger partial charge in [-0.05, 0) is 55.1 Å². The Labute approximate surface area is 270 Å². The first-order valence-corrected chi connectivity index (χ1v) is 16.8. The average molecular weight is 647 g/mol. The third-order valence-corrected chi connectivity index (χ3v) is 11.0. The number of aryl methyl sites for hydroxylation is 1. The standard InChI is InChI=1S/C34H51FN4O5S/c1-18(2)33(8,9)14-22-15-34(22,35)31(44)38-28(32(5,6)7)30(43)39-16-23(40)13-25(39)29(42)37-19(3)24-11-10-21(12-26(24)41)27-20(4)36-17-45-27/h10-12,17-19,22-23,25,28,31,38,40-41,44H,13-16H2,1-9H3,(H,37,42). The number of nitrogens with zero attached hydrogens (tertiary/aromatic N) is 2. The number of amides is 2. The van der Waals surface area contributed by atoms with E-state index in [0.29, 0.717) is 17.9 Å². The number of β-amino-alcohol motifs (C(OH)–C–C–N with tert-alkyl or cyclic N) is 1. The number of halogens is 1. The van der Waals surface area contributed by atoms with Crippen LogP contribution in [0.15, 0.2) is 23.7 Å².